The second-order valence-electron chi connectivity index (χ2n) is 8.95. The van der Waals surface area contributed by atoms with Gasteiger partial charge in [-0.25, -0.2) is 0 Å². The van der Waals surface area contributed by atoms with Crippen LogP contribution in [-0.4, -0.2) is 44.1 Å². The Morgan fingerprint density at radius 3 is 2.62 bits per heavy atom. The van der Waals surface area contributed by atoms with Crippen LogP contribution in [0.15, 0.2) is 34.7 Å². The fourth-order valence-corrected chi connectivity index (χ4v) is 4.49. The molecule has 4 rings (SSSR count). The molecule has 1 atom stereocenters. The van der Waals surface area contributed by atoms with Gasteiger partial charge in [0, 0.05) is 11.7 Å². The number of amides is 2. The van der Waals surface area contributed by atoms with Gasteiger partial charge in [-0.2, -0.15) is 4.80 Å². The highest BCUT2D eigenvalue weighted by Gasteiger charge is 2.33. The van der Waals surface area contributed by atoms with Crippen molar-refractivity contribution >= 4 is 17.5 Å². The molecule has 1 saturated carbocycles. The third-order valence-corrected chi connectivity index (χ3v) is 6.50. The Balaban J connectivity index is 1.61. The maximum atomic E-state index is 13.7. The minimum atomic E-state index is -0.635. The van der Waals surface area contributed by atoms with E-state index < -0.39 is 6.04 Å². The molecule has 1 N–H and O–H groups in total. The Hall–Kier alpha value is -3.49. The van der Waals surface area contributed by atoms with Gasteiger partial charge in [-0.15, -0.1) is 10.2 Å². The van der Waals surface area contributed by atoms with Gasteiger partial charge in [0.1, 0.15) is 18.3 Å². The first-order valence-corrected chi connectivity index (χ1v) is 11.9. The first-order chi connectivity index (χ1) is 16.4. The van der Waals surface area contributed by atoms with Crippen molar-refractivity contribution in [3.8, 4) is 11.6 Å². The van der Waals surface area contributed by atoms with Crippen molar-refractivity contribution in [2.45, 2.75) is 78.4 Å². The van der Waals surface area contributed by atoms with Gasteiger partial charge in [0.2, 0.25) is 11.7 Å². The molecule has 1 aromatic carbocycles. The molecule has 0 spiro atoms. The molecule has 0 unspecified atom stereocenters. The molecular formula is C25H32N6O3. The minimum Gasteiger partial charge on any atom is -0.458 e. The van der Waals surface area contributed by atoms with Crippen molar-refractivity contribution in [1.82, 2.24) is 25.5 Å². The molecule has 1 aliphatic rings. The van der Waals surface area contributed by atoms with E-state index in [9.17, 15) is 9.59 Å². The molecule has 9 heteroatoms. The number of aryl methyl sites for hydroxylation is 2. The number of hydrogen-bond acceptors (Lipinski definition) is 6. The summed E-state index contributed by atoms with van der Waals surface area (Å²) in [7, 11) is 0. The monoisotopic (exact) mass is 464 g/mol. The summed E-state index contributed by atoms with van der Waals surface area (Å²) < 4.78 is 5.56. The lowest BCUT2D eigenvalue weighted by atomic mass is 10.0. The number of aromatic nitrogens is 4. The van der Waals surface area contributed by atoms with E-state index in [1.54, 1.807) is 11.0 Å². The quantitative estimate of drug-likeness (QED) is 0.544. The van der Waals surface area contributed by atoms with Crippen molar-refractivity contribution < 1.29 is 14.0 Å². The second kappa shape index (κ2) is 10.2. The predicted molar refractivity (Wildman–Crippen MR) is 128 cm³/mol. The normalized spacial score (nSPS) is 14.8. The number of carbonyl (C=O) groups excluding carboxylic acids is 2. The highest BCUT2D eigenvalue weighted by atomic mass is 16.3. The van der Waals surface area contributed by atoms with Crippen molar-refractivity contribution in [2.24, 2.45) is 0 Å². The summed E-state index contributed by atoms with van der Waals surface area (Å²) in [6, 6.07) is 8.91. The number of carbonyl (C=O) groups is 2. The van der Waals surface area contributed by atoms with Gasteiger partial charge in [-0.05, 0) is 74.6 Å². The van der Waals surface area contributed by atoms with Gasteiger partial charge in [0.25, 0.3) is 5.91 Å². The van der Waals surface area contributed by atoms with Crippen molar-refractivity contribution in [3.63, 3.8) is 0 Å². The van der Waals surface area contributed by atoms with E-state index >= 15 is 0 Å². The van der Waals surface area contributed by atoms with Crippen molar-refractivity contribution in [3.05, 3.63) is 47.2 Å². The van der Waals surface area contributed by atoms with E-state index in [0.717, 1.165) is 48.3 Å². The smallest absolute Gasteiger partial charge is 0.251 e. The number of benzene rings is 1. The zero-order valence-electron chi connectivity index (χ0n) is 20.2. The average Bonchev–Trinajstić information content (AvgIpc) is 3.57. The molecule has 0 aliphatic heterocycles. The van der Waals surface area contributed by atoms with Crippen LogP contribution in [0.2, 0.25) is 0 Å². The first-order valence-electron chi connectivity index (χ1n) is 11.9. The maximum Gasteiger partial charge on any atom is 0.251 e. The summed E-state index contributed by atoms with van der Waals surface area (Å²) in [4.78, 5) is 29.8. The fraction of sp³-hybridized carbons (Fsp3) is 0.480. The Labute approximate surface area is 199 Å². The first kappa shape index (κ1) is 23.7. The van der Waals surface area contributed by atoms with Crippen LogP contribution < -0.4 is 10.2 Å². The number of anilines is 1. The Morgan fingerprint density at radius 1 is 1.18 bits per heavy atom. The summed E-state index contributed by atoms with van der Waals surface area (Å²) >= 11 is 0. The summed E-state index contributed by atoms with van der Waals surface area (Å²) in [5.41, 5.74) is 2.73. The third-order valence-electron chi connectivity index (χ3n) is 6.50. The van der Waals surface area contributed by atoms with Gasteiger partial charge in [-0.1, -0.05) is 31.9 Å². The Morgan fingerprint density at radius 2 is 1.94 bits per heavy atom. The summed E-state index contributed by atoms with van der Waals surface area (Å²) in [6.07, 6.45) is 4.70. The van der Waals surface area contributed by atoms with E-state index in [-0.39, 0.29) is 24.4 Å². The number of hydrogen-bond donors (Lipinski definition) is 1. The topological polar surface area (TPSA) is 106 Å². The molecule has 0 radical (unpaired) electrons. The van der Waals surface area contributed by atoms with E-state index in [2.05, 4.69) is 20.7 Å². The molecule has 1 aliphatic carbocycles. The van der Waals surface area contributed by atoms with Gasteiger partial charge >= 0.3 is 0 Å². The fourth-order valence-electron chi connectivity index (χ4n) is 4.49. The molecule has 2 heterocycles. The molecule has 34 heavy (non-hydrogen) atoms. The number of nitrogens with one attached hydrogen (secondary N) is 1. The zero-order chi connectivity index (χ0) is 24.2. The van der Waals surface area contributed by atoms with Gasteiger partial charge in [-0.3, -0.25) is 14.5 Å². The average molecular weight is 465 g/mol. The highest BCUT2D eigenvalue weighted by Crippen LogP contribution is 2.27. The Bertz CT molecular complexity index is 1160. The summed E-state index contributed by atoms with van der Waals surface area (Å²) in [6.45, 7) is 7.58. The highest BCUT2D eigenvalue weighted by molar-refractivity contribution is 6.01. The molecule has 3 aromatic rings. The van der Waals surface area contributed by atoms with Crippen LogP contribution >= 0.6 is 0 Å². The second-order valence-corrected chi connectivity index (χ2v) is 8.95. The zero-order valence-corrected chi connectivity index (χ0v) is 20.2. The molecule has 2 aromatic heterocycles. The lowest BCUT2D eigenvalue weighted by Gasteiger charge is -2.32. The molecule has 180 valence electrons. The molecule has 2 amide bonds. The summed E-state index contributed by atoms with van der Waals surface area (Å²) in [5.74, 6) is 1.14. The van der Waals surface area contributed by atoms with Crippen LogP contribution in [0.5, 0.6) is 0 Å². The predicted octanol–water partition coefficient (Wildman–Crippen LogP) is 3.73. The minimum absolute atomic E-state index is 0.123. The SMILES string of the molecule is CC[C@H](C(=O)NC1CCCC1)N(C(=O)Cn1nnc(-c2ccc(C)o2)n1)c1cccc(C)c1C. The lowest BCUT2D eigenvalue weighted by molar-refractivity contribution is -0.127. The maximum absolute atomic E-state index is 13.7. The molecule has 1 fully saturated rings. The van der Waals surface area contributed by atoms with Crippen LogP contribution in [0, 0.1) is 20.8 Å². The van der Waals surface area contributed by atoms with E-state index in [4.69, 9.17) is 4.42 Å². The van der Waals surface area contributed by atoms with E-state index in [1.165, 1.54) is 4.80 Å². The number of tetrazole rings is 1. The summed E-state index contributed by atoms with van der Waals surface area (Å²) in [5, 5.41) is 15.5. The number of furan rings is 1. The number of rotatable bonds is 8. The van der Waals surface area contributed by atoms with Crippen LogP contribution in [0.25, 0.3) is 11.6 Å². The van der Waals surface area contributed by atoms with Crippen LogP contribution in [0.3, 0.4) is 0 Å². The number of nitrogens with zero attached hydrogens (tertiary/aromatic N) is 5. The van der Waals surface area contributed by atoms with Crippen molar-refractivity contribution in [1.29, 1.82) is 0 Å². The molecule has 0 bridgehead atoms. The standard InChI is InChI=1S/C25H32N6O3/c1-5-20(25(33)26-19-10-6-7-11-19)31(21-12-8-9-16(2)18(21)4)23(32)15-30-28-24(27-29-30)22-14-13-17(3)34-22/h8-9,12-14,19-20H,5-7,10-11,15H2,1-4H3,(H,26,33)/t20-/m1/s1. The van der Waals surface area contributed by atoms with Crippen LogP contribution in [0.1, 0.15) is 55.9 Å². The van der Waals surface area contributed by atoms with Crippen LogP contribution in [0.4, 0.5) is 5.69 Å². The van der Waals surface area contributed by atoms with Crippen molar-refractivity contribution in [2.75, 3.05) is 4.90 Å². The van der Waals surface area contributed by atoms with Crippen LogP contribution in [-0.2, 0) is 16.1 Å². The molecule has 9 nitrogen and oxygen atoms in total. The van der Waals surface area contributed by atoms with Gasteiger partial charge in [0.15, 0.2) is 5.76 Å². The van der Waals surface area contributed by atoms with E-state index in [1.807, 2.05) is 52.0 Å². The molecule has 0 saturated heterocycles. The van der Waals surface area contributed by atoms with Gasteiger partial charge in [0.05, 0.1) is 0 Å². The third kappa shape index (κ3) is 5.03. The Kier molecular flexibility index (Phi) is 7.09. The van der Waals surface area contributed by atoms with Gasteiger partial charge < -0.3 is 9.73 Å². The largest absolute Gasteiger partial charge is 0.458 e. The van der Waals surface area contributed by atoms with E-state index in [0.29, 0.717) is 18.0 Å². The lowest BCUT2D eigenvalue weighted by Crippen LogP contribution is -2.52. The molecular weight excluding hydrogens is 432 g/mol.